The van der Waals surface area contributed by atoms with E-state index in [-0.39, 0.29) is 11.9 Å². The number of benzene rings is 1. The normalized spacial score (nSPS) is 22.1. The van der Waals surface area contributed by atoms with E-state index in [1.807, 2.05) is 13.0 Å². The lowest BCUT2D eigenvalue weighted by molar-refractivity contribution is 0.179. The van der Waals surface area contributed by atoms with Gasteiger partial charge in [0, 0.05) is 19.1 Å². The van der Waals surface area contributed by atoms with Crippen molar-refractivity contribution in [3.8, 4) is 0 Å². The quantitative estimate of drug-likeness (QED) is 0.323. The molecule has 5 heteroatoms. The van der Waals surface area contributed by atoms with Crippen LogP contribution in [0.2, 0.25) is 0 Å². The number of nitrogens with zero attached hydrogens (tertiary/aromatic N) is 2. The Balaban J connectivity index is 1.88. The molecule has 2 atom stereocenters. The zero-order valence-electron chi connectivity index (χ0n) is 12.7. The van der Waals surface area contributed by atoms with Crippen molar-refractivity contribution in [1.82, 2.24) is 10.2 Å². The van der Waals surface area contributed by atoms with Gasteiger partial charge in [0.2, 0.25) is 0 Å². The first kappa shape index (κ1) is 15.8. The molecule has 0 aliphatic carbocycles. The summed E-state index contributed by atoms with van der Waals surface area (Å²) in [7, 11) is 0. The molecule has 1 aliphatic heterocycles. The second-order valence-electron chi connectivity index (χ2n) is 5.71. The fraction of sp³-hybridized carbons (Fsp3) is 0.562. The Hall–Kier alpha value is -1.59. The molecule has 0 radical (unpaired) electrons. The van der Waals surface area contributed by atoms with Crippen LogP contribution in [-0.4, -0.2) is 41.1 Å². The molecule has 0 amide bonds. The van der Waals surface area contributed by atoms with Crippen LogP contribution in [0.3, 0.4) is 0 Å². The van der Waals surface area contributed by atoms with E-state index in [0.717, 1.165) is 32.5 Å². The van der Waals surface area contributed by atoms with E-state index < -0.39 is 0 Å². The van der Waals surface area contributed by atoms with Crippen molar-refractivity contribution in [1.29, 1.82) is 0 Å². The molecule has 4 N–H and O–H groups in total. The van der Waals surface area contributed by atoms with Crippen LogP contribution in [0, 0.1) is 0 Å². The summed E-state index contributed by atoms with van der Waals surface area (Å²) in [5.74, 6) is 0.276. The third-order valence-corrected chi connectivity index (χ3v) is 4.07. The predicted octanol–water partition coefficient (Wildman–Crippen LogP) is 1.77. The van der Waals surface area contributed by atoms with E-state index >= 15 is 0 Å². The standard InChI is InChI=1S/C16H26N4O/c1-2-15(16(17)19-21)18-14-9-6-10-20(12-14)11-13-7-4-3-5-8-13/h3-5,7-8,14-15,18,21H,2,6,9-12H2,1H3,(H2,17,19). The molecule has 2 unspecified atom stereocenters. The van der Waals surface area contributed by atoms with Gasteiger partial charge in [-0.3, -0.25) is 4.90 Å². The van der Waals surface area contributed by atoms with Gasteiger partial charge in [-0.1, -0.05) is 42.4 Å². The van der Waals surface area contributed by atoms with E-state index in [1.54, 1.807) is 0 Å². The molecular formula is C16H26N4O. The molecule has 1 saturated heterocycles. The van der Waals surface area contributed by atoms with E-state index in [1.165, 1.54) is 12.0 Å². The zero-order chi connectivity index (χ0) is 15.1. The minimum absolute atomic E-state index is 0.0447. The van der Waals surface area contributed by atoms with Crippen LogP contribution in [0.5, 0.6) is 0 Å². The molecule has 5 nitrogen and oxygen atoms in total. The molecule has 1 aromatic carbocycles. The lowest BCUT2D eigenvalue weighted by Gasteiger charge is -2.35. The van der Waals surface area contributed by atoms with Gasteiger partial charge in [-0.05, 0) is 31.4 Å². The molecule has 21 heavy (non-hydrogen) atoms. The fourth-order valence-corrected chi connectivity index (χ4v) is 2.94. The zero-order valence-corrected chi connectivity index (χ0v) is 12.7. The summed E-state index contributed by atoms with van der Waals surface area (Å²) in [5.41, 5.74) is 7.08. The molecule has 0 saturated carbocycles. The topological polar surface area (TPSA) is 73.9 Å². The number of oxime groups is 1. The van der Waals surface area contributed by atoms with Crippen molar-refractivity contribution in [2.75, 3.05) is 13.1 Å². The largest absolute Gasteiger partial charge is 0.409 e. The molecule has 1 aromatic rings. The number of nitrogens with one attached hydrogen (secondary N) is 1. The van der Waals surface area contributed by atoms with E-state index in [4.69, 9.17) is 10.9 Å². The summed E-state index contributed by atoms with van der Waals surface area (Å²) in [6.07, 6.45) is 3.14. The van der Waals surface area contributed by atoms with Crippen molar-refractivity contribution >= 4 is 5.84 Å². The highest BCUT2D eigenvalue weighted by Gasteiger charge is 2.23. The van der Waals surface area contributed by atoms with Crippen LogP contribution >= 0.6 is 0 Å². The average molecular weight is 290 g/mol. The first-order valence-corrected chi connectivity index (χ1v) is 7.72. The SMILES string of the molecule is CCC(NC1CCCN(Cc2ccccc2)C1)C(N)=NO. The number of hydrogen-bond donors (Lipinski definition) is 3. The molecule has 1 fully saturated rings. The Morgan fingerprint density at radius 1 is 1.48 bits per heavy atom. The van der Waals surface area contributed by atoms with Crippen LogP contribution in [0.4, 0.5) is 0 Å². The minimum atomic E-state index is -0.0447. The Labute approximate surface area is 126 Å². The summed E-state index contributed by atoms with van der Waals surface area (Å²) >= 11 is 0. The van der Waals surface area contributed by atoms with Crippen molar-refractivity contribution in [2.45, 2.75) is 44.8 Å². The van der Waals surface area contributed by atoms with Crippen molar-refractivity contribution in [2.24, 2.45) is 10.9 Å². The molecule has 116 valence electrons. The van der Waals surface area contributed by atoms with Crippen LogP contribution < -0.4 is 11.1 Å². The van der Waals surface area contributed by atoms with Crippen molar-refractivity contribution < 1.29 is 5.21 Å². The second kappa shape index (κ2) is 8.00. The lowest BCUT2D eigenvalue weighted by Crippen LogP contribution is -2.52. The van der Waals surface area contributed by atoms with Crippen molar-refractivity contribution in [3.05, 3.63) is 35.9 Å². The number of hydrogen-bond acceptors (Lipinski definition) is 4. The molecule has 0 spiro atoms. The van der Waals surface area contributed by atoms with Gasteiger partial charge < -0.3 is 16.3 Å². The maximum atomic E-state index is 8.83. The molecule has 2 rings (SSSR count). The van der Waals surface area contributed by atoms with Gasteiger partial charge >= 0.3 is 0 Å². The lowest BCUT2D eigenvalue weighted by atomic mass is 10.0. The van der Waals surface area contributed by atoms with Gasteiger partial charge in [0.15, 0.2) is 5.84 Å². The number of piperidine rings is 1. The fourth-order valence-electron chi connectivity index (χ4n) is 2.94. The van der Waals surface area contributed by atoms with Gasteiger partial charge in [-0.2, -0.15) is 0 Å². The Kier molecular flexibility index (Phi) is 6.02. The summed E-state index contributed by atoms with van der Waals surface area (Å²) in [5, 5.41) is 15.5. The smallest absolute Gasteiger partial charge is 0.156 e. The Morgan fingerprint density at radius 3 is 2.90 bits per heavy atom. The van der Waals surface area contributed by atoms with Gasteiger partial charge in [0.05, 0.1) is 6.04 Å². The monoisotopic (exact) mass is 290 g/mol. The number of nitrogens with two attached hydrogens (primary N) is 1. The summed E-state index contributed by atoms with van der Waals surface area (Å²) in [6, 6.07) is 10.9. The highest BCUT2D eigenvalue weighted by atomic mass is 16.4. The predicted molar refractivity (Wildman–Crippen MR) is 85.4 cm³/mol. The molecule has 1 aliphatic rings. The average Bonchev–Trinajstić information content (AvgIpc) is 2.53. The highest BCUT2D eigenvalue weighted by Crippen LogP contribution is 2.14. The van der Waals surface area contributed by atoms with Gasteiger partial charge in [-0.15, -0.1) is 0 Å². The molecule has 0 bridgehead atoms. The van der Waals surface area contributed by atoms with Crippen LogP contribution in [-0.2, 0) is 6.54 Å². The third kappa shape index (κ3) is 4.72. The van der Waals surface area contributed by atoms with Crippen LogP contribution in [0.15, 0.2) is 35.5 Å². The number of rotatable bonds is 6. The van der Waals surface area contributed by atoms with E-state index in [0.29, 0.717) is 6.04 Å². The minimum Gasteiger partial charge on any atom is -0.409 e. The van der Waals surface area contributed by atoms with Gasteiger partial charge in [-0.25, -0.2) is 0 Å². The summed E-state index contributed by atoms with van der Waals surface area (Å²) in [4.78, 5) is 2.47. The maximum Gasteiger partial charge on any atom is 0.156 e. The molecule has 1 heterocycles. The van der Waals surface area contributed by atoms with Gasteiger partial charge in [0.1, 0.15) is 0 Å². The highest BCUT2D eigenvalue weighted by molar-refractivity contribution is 5.85. The Bertz CT molecular complexity index is 449. The van der Waals surface area contributed by atoms with Crippen LogP contribution in [0.1, 0.15) is 31.7 Å². The Morgan fingerprint density at radius 2 is 2.24 bits per heavy atom. The second-order valence-corrected chi connectivity index (χ2v) is 5.71. The summed E-state index contributed by atoms with van der Waals surface area (Å²) < 4.78 is 0. The van der Waals surface area contributed by atoms with E-state index in [9.17, 15) is 0 Å². The number of likely N-dealkylation sites (tertiary alicyclic amines) is 1. The van der Waals surface area contributed by atoms with Gasteiger partial charge in [0.25, 0.3) is 0 Å². The first-order chi connectivity index (χ1) is 10.2. The summed E-state index contributed by atoms with van der Waals surface area (Å²) in [6.45, 7) is 5.16. The first-order valence-electron chi connectivity index (χ1n) is 7.72. The number of amidine groups is 1. The van der Waals surface area contributed by atoms with Crippen molar-refractivity contribution in [3.63, 3.8) is 0 Å². The third-order valence-electron chi connectivity index (χ3n) is 4.07. The van der Waals surface area contributed by atoms with Crippen LogP contribution in [0.25, 0.3) is 0 Å². The molecule has 0 aromatic heterocycles. The maximum absolute atomic E-state index is 8.83. The molecular weight excluding hydrogens is 264 g/mol. The van der Waals surface area contributed by atoms with E-state index in [2.05, 4.69) is 39.6 Å².